The molecule has 0 aliphatic carbocycles. The summed E-state index contributed by atoms with van der Waals surface area (Å²) in [5, 5.41) is 25.3. The Labute approximate surface area is 60.1 Å². The molecule has 0 aliphatic heterocycles. The molecule has 0 heterocycles. The van der Waals surface area contributed by atoms with E-state index in [4.69, 9.17) is 20.1 Å². The lowest BCUT2D eigenvalue weighted by atomic mass is 10.2. The van der Waals surface area contributed by atoms with E-state index in [-0.39, 0.29) is 12.5 Å². The van der Waals surface area contributed by atoms with E-state index in [1.54, 1.807) is 13.8 Å². The molecule has 0 bridgehead atoms. The van der Waals surface area contributed by atoms with Crippen LogP contribution in [0.3, 0.4) is 0 Å². The van der Waals surface area contributed by atoms with Gasteiger partial charge < -0.3 is 20.1 Å². The Morgan fingerprint density at radius 1 is 1.40 bits per heavy atom. The van der Waals surface area contributed by atoms with Crippen LogP contribution in [0.2, 0.25) is 0 Å². The van der Waals surface area contributed by atoms with Crippen LogP contribution < -0.4 is 0 Å². The van der Waals surface area contributed by atoms with Gasteiger partial charge in [-0.15, -0.1) is 0 Å². The summed E-state index contributed by atoms with van der Waals surface area (Å²) in [6.07, 6.45) is -0.536. The summed E-state index contributed by atoms with van der Waals surface area (Å²) < 4.78 is 4.94. The molecule has 4 nitrogen and oxygen atoms in total. The topological polar surface area (TPSA) is 69.9 Å². The van der Waals surface area contributed by atoms with Gasteiger partial charge in [0, 0.05) is 6.61 Å². The van der Waals surface area contributed by atoms with Gasteiger partial charge in [-0.25, -0.2) is 0 Å². The summed E-state index contributed by atoms with van der Waals surface area (Å²) >= 11 is 0. The van der Waals surface area contributed by atoms with Crippen molar-refractivity contribution in [3.8, 4) is 0 Å². The van der Waals surface area contributed by atoms with Crippen molar-refractivity contribution in [3.63, 3.8) is 0 Å². The maximum Gasteiger partial charge on any atom is 0.277 e. The highest BCUT2D eigenvalue weighted by Crippen LogP contribution is 2.07. The third kappa shape index (κ3) is 5.97. The second-order valence-electron chi connectivity index (χ2n) is 2.24. The second-order valence-corrected chi connectivity index (χ2v) is 2.24. The second kappa shape index (κ2) is 3.88. The number of ether oxygens (including phenoxy) is 1. The number of hydrogen-bond acceptors (Lipinski definition) is 4. The van der Waals surface area contributed by atoms with Gasteiger partial charge in [-0.1, -0.05) is 0 Å². The monoisotopic (exact) mass is 150 g/mol. The molecule has 10 heavy (non-hydrogen) atoms. The Kier molecular flexibility index (Phi) is 3.81. The van der Waals surface area contributed by atoms with Crippen molar-refractivity contribution >= 4 is 0 Å². The molecule has 0 aromatic rings. The van der Waals surface area contributed by atoms with Crippen LogP contribution in [0.25, 0.3) is 0 Å². The number of aliphatic hydroxyl groups is 3. The largest absolute Gasteiger partial charge is 0.378 e. The average Bonchev–Trinajstić information content (AvgIpc) is 1.59. The molecular weight excluding hydrogens is 136 g/mol. The summed E-state index contributed by atoms with van der Waals surface area (Å²) in [6, 6.07) is 0. The zero-order chi connectivity index (χ0) is 8.20. The lowest BCUT2D eigenvalue weighted by Gasteiger charge is -2.18. The quantitative estimate of drug-likeness (QED) is 0.469. The molecular formula is C6H14O4. The standard InChI is InChI=1S/C6H14O4/c1-3-10-5(2)4-6(7,8)9/h5,7-9H,3-4H2,1-2H3. The Bertz CT molecular complexity index is 86.2. The minimum absolute atomic E-state index is 0.194. The SMILES string of the molecule is CCOC(C)CC(O)(O)O. The summed E-state index contributed by atoms with van der Waals surface area (Å²) in [7, 11) is 0. The maximum atomic E-state index is 8.45. The van der Waals surface area contributed by atoms with Gasteiger partial charge >= 0.3 is 0 Å². The molecule has 0 aliphatic rings. The lowest BCUT2D eigenvalue weighted by molar-refractivity contribution is -0.323. The van der Waals surface area contributed by atoms with E-state index < -0.39 is 5.97 Å². The molecule has 0 amide bonds. The van der Waals surface area contributed by atoms with E-state index in [9.17, 15) is 0 Å². The van der Waals surface area contributed by atoms with Crippen LogP contribution >= 0.6 is 0 Å². The average molecular weight is 150 g/mol. The van der Waals surface area contributed by atoms with Crippen LogP contribution in [0.1, 0.15) is 20.3 Å². The fourth-order valence-electron chi connectivity index (χ4n) is 0.729. The first-order valence-corrected chi connectivity index (χ1v) is 3.24. The Morgan fingerprint density at radius 2 is 1.90 bits per heavy atom. The van der Waals surface area contributed by atoms with Gasteiger partial charge in [0.1, 0.15) is 0 Å². The first-order chi connectivity index (χ1) is 4.45. The molecule has 0 rings (SSSR count). The molecule has 1 unspecified atom stereocenters. The van der Waals surface area contributed by atoms with Gasteiger partial charge in [0.25, 0.3) is 5.97 Å². The maximum absolute atomic E-state index is 8.45. The van der Waals surface area contributed by atoms with Crippen molar-refractivity contribution < 1.29 is 20.1 Å². The molecule has 4 heteroatoms. The smallest absolute Gasteiger partial charge is 0.277 e. The van der Waals surface area contributed by atoms with Gasteiger partial charge in [0.2, 0.25) is 0 Å². The molecule has 0 saturated carbocycles. The zero-order valence-corrected chi connectivity index (χ0v) is 6.24. The van der Waals surface area contributed by atoms with Crippen molar-refractivity contribution in [3.05, 3.63) is 0 Å². The van der Waals surface area contributed by atoms with Crippen LogP contribution in [0, 0.1) is 0 Å². The molecule has 1 atom stereocenters. The fourth-order valence-corrected chi connectivity index (χ4v) is 0.729. The third-order valence-corrected chi connectivity index (χ3v) is 1.01. The molecule has 0 fully saturated rings. The predicted molar refractivity (Wildman–Crippen MR) is 35.1 cm³/mol. The van der Waals surface area contributed by atoms with Crippen LogP contribution in [0.15, 0.2) is 0 Å². The Hall–Kier alpha value is -0.160. The van der Waals surface area contributed by atoms with E-state index in [1.807, 2.05) is 0 Å². The first-order valence-electron chi connectivity index (χ1n) is 3.24. The molecule has 0 aromatic carbocycles. The highest BCUT2D eigenvalue weighted by molar-refractivity contribution is 4.55. The molecule has 0 radical (unpaired) electrons. The van der Waals surface area contributed by atoms with Crippen molar-refractivity contribution in [2.45, 2.75) is 32.3 Å². The minimum Gasteiger partial charge on any atom is -0.378 e. The highest BCUT2D eigenvalue weighted by atomic mass is 16.7. The fraction of sp³-hybridized carbons (Fsp3) is 1.00. The van der Waals surface area contributed by atoms with Crippen LogP contribution in [0.5, 0.6) is 0 Å². The van der Waals surface area contributed by atoms with Gasteiger partial charge in [0.15, 0.2) is 0 Å². The van der Waals surface area contributed by atoms with Crippen LogP contribution in [0.4, 0.5) is 0 Å². The molecule has 0 spiro atoms. The molecule has 0 aromatic heterocycles. The summed E-state index contributed by atoms with van der Waals surface area (Å²) in [6.45, 7) is 3.95. The van der Waals surface area contributed by atoms with E-state index in [0.717, 1.165) is 0 Å². The lowest BCUT2D eigenvalue weighted by Crippen LogP contribution is -2.32. The van der Waals surface area contributed by atoms with E-state index in [2.05, 4.69) is 0 Å². The van der Waals surface area contributed by atoms with Crippen LogP contribution in [-0.4, -0.2) is 34.0 Å². The van der Waals surface area contributed by atoms with E-state index >= 15 is 0 Å². The number of hydrogen-bond donors (Lipinski definition) is 3. The van der Waals surface area contributed by atoms with Gasteiger partial charge in [-0.05, 0) is 13.8 Å². The summed E-state index contributed by atoms with van der Waals surface area (Å²) in [5.41, 5.74) is 0. The summed E-state index contributed by atoms with van der Waals surface area (Å²) in [4.78, 5) is 0. The Morgan fingerprint density at radius 3 is 2.20 bits per heavy atom. The molecule has 62 valence electrons. The van der Waals surface area contributed by atoms with Gasteiger partial charge in [0.05, 0.1) is 12.5 Å². The predicted octanol–water partition coefficient (Wildman–Crippen LogP) is -0.568. The normalized spacial score (nSPS) is 15.3. The highest BCUT2D eigenvalue weighted by Gasteiger charge is 2.21. The van der Waals surface area contributed by atoms with Crippen molar-refractivity contribution in [2.24, 2.45) is 0 Å². The van der Waals surface area contributed by atoms with Gasteiger partial charge in [-0.2, -0.15) is 0 Å². The minimum atomic E-state index is -2.60. The van der Waals surface area contributed by atoms with Crippen molar-refractivity contribution in [2.75, 3.05) is 6.61 Å². The van der Waals surface area contributed by atoms with Gasteiger partial charge in [-0.3, -0.25) is 0 Å². The molecule has 3 N–H and O–H groups in total. The van der Waals surface area contributed by atoms with Crippen LogP contribution in [-0.2, 0) is 4.74 Å². The molecule has 0 saturated heterocycles. The first kappa shape index (κ1) is 9.84. The van der Waals surface area contributed by atoms with Crippen molar-refractivity contribution in [1.82, 2.24) is 0 Å². The zero-order valence-electron chi connectivity index (χ0n) is 6.24. The van der Waals surface area contributed by atoms with E-state index in [1.165, 1.54) is 0 Å². The van der Waals surface area contributed by atoms with Crippen molar-refractivity contribution in [1.29, 1.82) is 0 Å². The number of rotatable bonds is 4. The third-order valence-electron chi connectivity index (χ3n) is 1.01. The summed E-state index contributed by atoms with van der Waals surface area (Å²) in [5.74, 6) is -2.60. The van der Waals surface area contributed by atoms with E-state index in [0.29, 0.717) is 6.61 Å². The Balaban J connectivity index is 3.47.